The zero-order valence-corrected chi connectivity index (χ0v) is 25.2. The van der Waals surface area contributed by atoms with Gasteiger partial charge in [0.25, 0.3) is 10.0 Å². The number of aliphatic hydroxyl groups excluding tert-OH is 1. The third kappa shape index (κ3) is 8.25. The molecule has 3 fully saturated rings. The third-order valence-corrected chi connectivity index (χ3v) is 9.70. The van der Waals surface area contributed by atoms with E-state index in [1.54, 1.807) is 6.07 Å². The van der Waals surface area contributed by atoms with Crippen LogP contribution in [0.25, 0.3) is 0 Å². The molecule has 5 N–H and O–H groups in total. The number of primary amides is 1. The molecule has 2 aliphatic heterocycles. The number of nitrogens with two attached hydrogens (primary N) is 1. The Kier molecular flexibility index (Phi) is 10.7. The number of fused-ring (bicyclic) bond motifs is 1. The molecule has 0 bridgehead atoms. The molecule has 0 radical (unpaired) electrons. The van der Waals surface area contributed by atoms with E-state index in [2.05, 4.69) is 10.6 Å². The maximum absolute atomic E-state index is 13.9. The van der Waals surface area contributed by atoms with Gasteiger partial charge in [-0.05, 0) is 49.4 Å². The SMILES string of the molecule is NC(=O)CNc1cccc(S(=O)(=O)N(C[C@H](O)[C@H](Cc2ccccc2)NC(=O)O[C@H]2CO[C@H]3OCC[C@H]32)OC2CCCC2)c1. The van der Waals surface area contributed by atoms with Crippen molar-refractivity contribution in [3.63, 3.8) is 0 Å². The van der Waals surface area contributed by atoms with Crippen LogP contribution in [0.15, 0.2) is 59.5 Å². The summed E-state index contributed by atoms with van der Waals surface area (Å²) in [6.45, 7) is 0.111. The van der Waals surface area contributed by atoms with Crippen LogP contribution in [0.2, 0.25) is 0 Å². The average molecular weight is 633 g/mol. The summed E-state index contributed by atoms with van der Waals surface area (Å²) in [5.41, 5.74) is 6.42. The Morgan fingerprint density at radius 3 is 2.59 bits per heavy atom. The summed E-state index contributed by atoms with van der Waals surface area (Å²) in [4.78, 5) is 30.2. The number of aliphatic hydroxyl groups is 1. The Morgan fingerprint density at radius 2 is 1.84 bits per heavy atom. The molecule has 1 saturated carbocycles. The molecule has 2 amide bonds. The van der Waals surface area contributed by atoms with Gasteiger partial charge in [0.2, 0.25) is 5.91 Å². The maximum atomic E-state index is 13.9. The van der Waals surface area contributed by atoms with E-state index < -0.39 is 53.1 Å². The number of carbonyl (C=O) groups is 2. The average Bonchev–Trinajstić information content (AvgIpc) is 3.77. The van der Waals surface area contributed by atoms with Crippen molar-refractivity contribution in [2.75, 3.05) is 31.6 Å². The van der Waals surface area contributed by atoms with E-state index in [4.69, 9.17) is 24.8 Å². The number of amides is 2. The van der Waals surface area contributed by atoms with Gasteiger partial charge in [-0.15, -0.1) is 0 Å². The Bertz CT molecular complexity index is 1370. The Balaban J connectivity index is 1.34. The van der Waals surface area contributed by atoms with Gasteiger partial charge in [-0.3, -0.25) is 9.63 Å². The summed E-state index contributed by atoms with van der Waals surface area (Å²) in [6, 6.07) is 14.2. The van der Waals surface area contributed by atoms with Crippen LogP contribution >= 0.6 is 0 Å². The van der Waals surface area contributed by atoms with E-state index in [0.717, 1.165) is 22.9 Å². The lowest BCUT2D eigenvalue weighted by Gasteiger charge is -2.31. The van der Waals surface area contributed by atoms with Gasteiger partial charge in [-0.1, -0.05) is 53.7 Å². The molecule has 0 unspecified atom stereocenters. The fourth-order valence-electron chi connectivity index (χ4n) is 5.73. The number of nitrogens with one attached hydrogen (secondary N) is 2. The first-order chi connectivity index (χ1) is 21.2. The number of carbonyl (C=O) groups excluding carboxylic acids is 2. The lowest BCUT2D eigenvalue weighted by Crippen LogP contribution is -2.51. The first kappa shape index (κ1) is 32.1. The van der Waals surface area contributed by atoms with E-state index >= 15 is 0 Å². The summed E-state index contributed by atoms with van der Waals surface area (Å²) in [5.74, 6) is -0.660. The maximum Gasteiger partial charge on any atom is 0.407 e. The van der Waals surface area contributed by atoms with Gasteiger partial charge >= 0.3 is 6.09 Å². The van der Waals surface area contributed by atoms with Crippen molar-refractivity contribution in [3.8, 4) is 0 Å². The predicted octanol–water partition coefficient (Wildman–Crippen LogP) is 1.91. The van der Waals surface area contributed by atoms with E-state index in [1.807, 2.05) is 30.3 Å². The number of ether oxygens (including phenoxy) is 3. The summed E-state index contributed by atoms with van der Waals surface area (Å²) < 4.78 is 45.4. The second-order valence-corrected chi connectivity index (χ2v) is 13.2. The standard InChI is InChI=1S/C30H40N4O9S/c31-28(36)17-32-21-9-6-12-23(16-21)44(38,39)34(43-22-10-4-5-11-22)18-26(35)25(15-20-7-2-1-3-8-20)33-30(37)42-27-19-41-29-24(27)13-14-40-29/h1-3,6-9,12,16,22,24-27,29,32,35H,4-5,10-11,13-15,17-19H2,(H2,31,36)(H,33,37)/t24-,25-,26-,27-,29+/m0/s1. The Hall–Kier alpha value is -3.27. The van der Waals surface area contributed by atoms with Gasteiger partial charge in [0.05, 0.1) is 55.4 Å². The van der Waals surface area contributed by atoms with E-state index in [0.29, 0.717) is 31.6 Å². The first-order valence-electron chi connectivity index (χ1n) is 14.9. The molecule has 2 aromatic rings. The molecule has 5 atom stereocenters. The molecular formula is C30H40N4O9S. The molecule has 2 heterocycles. The van der Waals surface area contributed by atoms with Crippen molar-refractivity contribution in [3.05, 3.63) is 60.2 Å². The molecule has 0 aromatic heterocycles. The van der Waals surface area contributed by atoms with E-state index in [9.17, 15) is 23.1 Å². The largest absolute Gasteiger partial charge is 0.443 e. The number of hydrogen-bond acceptors (Lipinski definition) is 10. The Morgan fingerprint density at radius 1 is 1.07 bits per heavy atom. The number of alkyl carbamates (subject to hydrolysis) is 1. The quantitative estimate of drug-likeness (QED) is 0.225. The summed E-state index contributed by atoms with van der Waals surface area (Å²) in [6.07, 6.45) is 0.714. The van der Waals surface area contributed by atoms with Crippen molar-refractivity contribution in [2.45, 2.75) is 74.1 Å². The molecule has 2 saturated heterocycles. The van der Waals surface area contributed by atoms with Crippen LogP contribution in [0.3, 0.4) is 0 Å². The van der Waals surface area contributed by atoms with Gasteiger partial charge in [0.1, 0.15) is 6.10 Å². The van der Waals surface area contributed by atoms with Crippen LogP contribution in [-0.4, -0.2) is 86.9 Å². The molecule has 2 aromatic carbocycles. The Labute approximate surface area is 257 Å². The van der Waals surface area contributed by atoms with Crippen LogP contribution in [0.1, 0.15) is 37.7 Å². The lowest BCUT2D eigenvalue weighted by molar-refractivity contribution is -0.145. The van der Waals surface area contributed by atoms with Crippen molar-refractivity contribution in [1.29, 1.82) is 0 Å². The van der Waals surface area contributed by atoms with Crippen LogP contribution < -0.4 is 16.4 Å². The molecule has 14 heteroatoms. The molecule has 44 heavy (non-hydrogen) atoms. The van der Waals surface area contributed by atoms with Gasteiger partial charge in [0.15, 0.2) is 6.29 Å². The zero-order chi connectivity index (χ0) is 31.1. The first-order valence-corrected chi connectivity index (χ1v) is 16.4. The van der Waals surface area contributed by atoms with E-state index in [1.165, 1.54) is 18.2 Å². The predicted molar refractivity (Wildman–Crippen MR) is 159 cm³/mol. The minimum Gasteiger partial charge on any atom is -0.443 e. The van der Waals surface area contributed by atoms with Crippen molar-refractivity contribution < 1.29 is 42.2 Å². The third-order valence-electron chi connectivity index (χ3n) is 8.08. The molecule has 5 rings (SSSR count). The number of hydrogen-bond donors (Lipinski definition) is 4. The lowest BCUT2D eigenvalue weighted by atomic mass is 10.0. The topological polar surface area (TPSA) is 179 Å². The molecular weight excluding hydrogens is 592 g/mol. The zero-order valence-electron chi connectivity index (χ0n) is 24.4. The second-order valence-electron chi connectivity index (χ2n) is 11.3. The summed E-state index contributed by atoms with van der Waals surface area (Å²) in [7, 11) is -4.29. The van der Waals surface area contributed by atoms with Gasteiger partial charge in [-0.25, -0.2) is 13.2 Å². The summed E-state index contributed by atoms with van der Waals surface area (Å²) >= 11 is 0. The molecule has 1 aliphatic carbocycles. The minimum atomic E-state index is -4.29. The monoisotopic (exact) mass is 632 g/mol. The van der Waals surface area contributed by atoms with Crippen LogP contribution in [0, 0.1) is 5.92 Å². The second kappa shape index (κ2) is 14.7. The number of rotatable bonds is 14. The smallest absolute Gasteiger partial charge is 0.407 e. The minimum absolute atomic E-state index is 0.0630. The molecule has 0 spiro atoms. The number of anilines is 1. The molecule has 3 aliphatic rings. The highest BCUT2D eigenvalue weighted by molar-refractivity contribution is 7.89. The summed E-state index contributed by atoms with van der Waals surface area (Å²) in [5, 5.41) is 17.1. The number of nitrogens with zero attached hydrogens (tertiary/aromatic N) is 1. The van der Waals surface area contributed by atoms with Crippen molar-refractivity contribution in [2.24, 2.45) is 11.7 Å². The molecule has 240 valence electrons. The van der Waals surface area contributed by atoms with E-state index in [-0.39, 0.29) is 36.5 Å². The fourth-order valence-corrected chi connectivity index (χ4v) is 7.08. The fraction of sp³-hybridized carbons (Fsp3) is 0.533. The highest BCUT2D eigenvalue weighted by Gasteiger charge is 2.44. The highest BCUT2D eigenvalue weighted by atomic mass is 32.2. The van der Waals surface area contributed by atoms with Crippen LogP contribution in [0.4, 0.5) is 10.5 Å². The van der Waals surface area contributed by atoms with Crippen molar-refractivity contribution in [1.82, 2.24) is 9.79 Å². The van der Waals surface area contributed by atoms with Gasteiger partial charge < -0.3 is 35.7 Å². The number of sulfonamides is 1. The van der Waals surface area contributed by atoms with Gasteiger partial charge in [0, 0.05) is 5.69 Å². The normalized spacial score (nSPS) is 23.3. The number of hydroxylamine groups is 1. The van der Waals surface area contributed by atoms with Gasteiger partial charge in [-0.2, -0.15) is 0 Å². The number of benzene rings is 2. The molecule has 13 nitrogen and oxygen atoms in total. The van der Waals surface area contributed by atoms with Crippen molar-refractivity contribution >= 4 is 27.7 Å². The van der Waals surface area contributed by atoms with Crippen LogP contribution in [-0.2, 0) is 40.3 Å². The van der Waals surface area contributed by atoms with Crippen LogP contribution in [0.5, 0.6) is 0 Å². The highest BCUT2D eigenvalue weighted by Crippen LogP contribution is 2.33.